The van der Waals surface area contributed by atoms with Crippen molar-refractivity contribution in [2.24, 2.45) is 0 Å². The van der Waals surface area contributed by atoms with Crippen molar-refractivity contribution < 1.29 is 4.79 Å². The van der Waals surface area contributed by atoms with Crippen LogP contribution in [-0.4, -0.2) is 22.3 Å². The molecule has 3 rings (SSSR count). The minimum atomic E-state index is -0.160. The maximum Gasteiger partial charge on any atom is 0.230 e. The van der Waals surface area contributed by atoms with Gasteiger partial charge < -0.3 is 4.90 Å². The lowest BCUT2D eigenvalue weighted by atomic mass is 9.94. The molecule has 0 bridgehead atoms. The molecule has 1 amide bonds. The van der Waals surface area contributed by atoms with Gasteiger partial charge in [-0.3, -0.25) is 9.78 Å². The Hall–Kier alpha value is -2.65. The number of hydrogen-bond acceptors (Lipinski definition) is 2. The third-order valence-electron chi connectivity index (χ3n) is 4.90. The quantitative estimate of drug-likeness (QED) is 0.507. The summed E-state index contributed by atoms with van der Waals surface area (Å²) in [5.74, 6) is -0.0306. The molecule has 0 saturated carbocycles. The standard InChI is InChI=1S/C24H25ClN2O/c1-2-22(19-10-4-3-5-11-19)24(28)27(17-15-21-13-8-9-16-26-21)18-20-12-6-7-14-23(20)25/h3-14,16,22H,2,15,17-18H2,1H3. The van der Waals surface area contributed by atoms with Crippen molar-refractivity contribution in [3.8, 4) is 0 Å². The van der Waals surface area contributed by atoms with Crippen LogP contribution in [0.1, 0.15) is 36.1 Å². The number of nitrogens with zero attached hydrogens (tertiary/aromatic N) is 2. The number of hydrogen-bond donors (Lipinski definition) is 0. The normalized spacial score (nSPS) is 11.8. The predicted molar refractivity (Wildman–Crippen MR) is 114 cm³/mol. The second-order valence-corrected chi connectivity index (χ2v) is 7.20. The number of aromatic nitrogens is 1. The van der Waals surface area contributed by atoms with Crippen molar-refractivity contribution in [2.75, 3.05) is 6.54 Å². The third kappa shape index (κ3) is 5.20. The van der Waals surface area contributed by atoms with Crippen LogP contribution in [0.15, 0.2) is 79.0 Å². The summed E-state index contributed by atoms with van der Waals surface area (Å²) in [5, 5.41) is 0.686. The van der Waals surface area contributed by atoms with Gasteiger partial charge in [0, 0.05) is 36.4 Å². The van der Waals surface area contributed by atoms with Gasteiger partial charge in [0.2, 0.25) is 5.91 Å². The lowest BCUT2D eigenvalue weighted by Crippen LogP contribution is -2.36. The molecule has 0 spiro atoms. The van der Waals surface area contributed by atoms with E-state index in [9.17, 15) is 4.79 Å². The molecule has 0 aliphatic rings. The molecule has 4 heteroatoms. The van der Waals surface area contributed by atoms with E-state index >= 15 is 0 Å². The molecular weight excluding hydrogens is 368 g/mol. The van der Waals surface area contributed by atoms with E-state index in [1.54, 1.807) is 6.20 Å². The highest BCUT2D eigenvalue weighted by molar-refractivity contribution is 6.31. The van der Waals surface area contributed by atoms with Gasteiger partial charge in [0.05, 0.1) is 5.92 Å². The minimum absolute atomic E-state index is 0.129. The van der Waals surface area contributed by atoms with Gasteiger partial charge in [0.25, 0.3) is 0 Å². The molecule has 1 heterocycles. The smallest absolute Gasteiger partial charge is 0.230 e. The summed E-state index contributed by atoms with van der Waals surface area (Å²) in [5.41, 5.74) is 2.99. The number of carbonyl (C=O) groups excluding carboxylic acids is 1. The van der Waals surface area contributed by atoms with Crippen molar-refractivity contribution in [3.05, 3.63) is 101 Å². The van der Waals surface area contributed by atoms with Gasteiger partial charge in [0.15, 0.2) is 0 Å². The zero-order valence-corrected chi connectivity index (χ0v) is 16.8. The second kappa shape index (κ2) is 10.0. The fourth-order valence-electron chi connectivity index (χ4n) is 3.35. The van der Waals surface area contributed by atoms with Crippen LogP contribution in [0, 0.1) is 0 Å². The van der Waals surface area contributed by atoms with Crippen LogP contribution < -0.4 is 0 Å². The molecule has 28 heavy (non-hydrogen) atoms. The zero-order chi connectivity index (χ0) is 19.8. The minimum Gasteiger partial charge on any atom is -0.337 e. The molecule has 1 unspecified atom stereocenters. The number of pyridine rings is 1. The molecule has 3 nitrogen and oxygen atoms in total. The Morgan fingerprint density at radius 1 is 1.00 bits per heavy atom. The summed E-state index contributed by atoms with van der Waals surface area (Å²) < 4.78 is 0. The number of halogens is 1. The van der Waals surface area contributed by atoms with Gasteiger partial charge in [-0.15, -0.1) is 0 Å². The molecule has 0 N–H and O–H groups in total. The average Bonchev–Trinajstić information content (AvgIpc) is 2.74. The van der Waals surface area contributed by atoms with E-state index in [0.717, 1.165) is 23.2 Å². The highest BCUT2D eigenvalue weighted by atomic mass is 35.5. The highest BCUT2D eigenvalue weighted by Gasteiger charge is 2.25. The molecule has 0 aliphatic carbocycles. The Labute approximate surface area is 172 Å². The Morgan fingerprint density at radius 2 is 1.71 bits per heavy atom. The van der Waals surface area contributed by atoms with Gasteiger partial charge in [0.1, 0.15) is 0 Å². The Bertz CT molecular complexity index is 883. The first-order valence-corrected chi connectivity index (χ1v) is 10.0. The Kier molecular flexibility index (Phi) is 7.21. The van der Waals surface area contributed by atoms with E-state index in [1.165, 1.54) is 0 Å². The van der Waals surface area contributed by atoms with Crippen molar-refractivity contribution in [2.45, 2.75) is 32.2 Å². The first-order valence-electron chi connectivity index (χ1n) is 9.66. The summed E-state index contributed by atoms with van der Waals surface area (Å²) in [4.78, 5) is 19.8. The Morgan fingerprint density at radius 3 is 2.39 bits per heavy atom. The van der Waals surface area contributed by atoms with Gasteiger partial charge in [-0.1, -0.05) is 73.1 Å². The van der Waals surface area contributed by atoms with Crippen LogP contribution in [0.4, 0.5) is 0 Å². The van der Waals surface area contributed by atoms with Crippen LogP contribution in [0.25, 0.3) is 0 Å². The average molecular weight is 393 g/mol. The third-order valence-corrected chi connectivity index (χ3v) is 5.27. The molecule has 0 fully saturated rings. The van der Waals surface area contributed by atoms with E-state index in [2.05, 4.69) is 11.9 Å². The van der Waals surface area contributed by atoms with E-state index in [0.29, 0.717) is 24.5 Å². The van der Waals surface area contributed by atoms with Gasteiger partial charge in [-0.2, -0.15) is 0 Å². The molecule has 0 aliphatic heterocycles. The van der Waals surface area contributed by atoms with Crippen LogP contribution in [0.2, 0.25) is 5.02 Å². The summed E-state index contributed by atoms with van der Waals surface area (Å²) in [7, 11) is 0. The Balaban J connectivity index is 1.83. The fourth-order valence-corrected chi connectivity index (χ4v) is 3.55. The highest BCUT2D eigenvalue weighted by Crippen LogP contribution is 2.25. The lowest BCUT2D eigenvalue weighted by molar-refractivity contribution is -0.133. The molecule has 2 aromatic carbocycles. The van der Waals surface area contributed by atoms with Crippen LogP contribution in [0.5, 0.6) is 0 Å². The topological polar surface area (TPSA) is 33.2 Å². The predicted octanol–water partition coefficient (Wildman–Crippen LogP) is 5.50. The maximum atomic E-state index is 13.5. The first kappa shape index (κ1) is 20.1. The lowest BCUT2D eigenvalue weighted by Gasteiger charge is -2.28. The zero-order valence-electron chi connectivity index (χ0n) is 16.1. The van der Waals surface area contributed by atoms with E-state index in [1.807, 2.05) is 77.7 Å². The van der Waals surface area contributed by atoms with E-state index in [4.69, 9.17) is 11.6 Å². The van der Waals surface area contributed by atoms with Crippen molar-refractivity contribution in [1.29, 1.82) is 0 Å². The molecular formula is C24H25ClN2O. The van der Waals surface area contributed by atoms with Crippen molar-refractivity contribution in [3.63, 3.8) is 0 Å². The van der Waals surface area contributed by atoms with Crippen molar-refractivity contribution >= 4 is 17.5 Å². The molecule has 3 aromatic rings. The van der Waals surface area contributed by atoms with Gasteiger partial charge in [-0.25, -0.2) is 0 Å². The maximum absolute atomic E-state index is 13.5. The summed E-state index contributed by atoms with van der Waals surface area (Å²) >= 11 is 6.37. The second-order valence-electron chi connectivity index (χ2n) is 6.79. The molecule has 1 aromatic heterocycles. The molecule has 144 valence electrons. The van der Waals surface area contributed by atoms with Crippen LogP contribution in [-0.2, 0) is 17.8 Å². The molecule has 0 saturated heterocycles. The van der Waals surface area contributed by atoms with Gasteiger partial charge in [-0.05, 0) is 35.7 Å². The fraction of sp³-hybridized carbons (Fsp3) is 0.250. The van der Waals surface area contributed by atoms with E-state index in [-0.39, 0.29) is 11.8 Å². The molecule has 0 radical (unpaired) electrons. The monoisotopic (exact) mass is 392 g/mol. The van der Waals surface area contributed by atoms with Crippen molar-refractivity contribution in [1.82, 2.24) is 9.88 Å². The van der Waals surface area contributed by atoms with Crippen LogP contribution in [0.3, 0.4) is 0 Å². The largest absolute Gasteiger partial charge is 0.337 e. The SMILES string of the molecule is CCC(C(=O)N(CCc1ccccn1)Cc1ccccc1Cl)c1ccccc1. The first-order chi connectivity index (χ1) is 13.7. The molecule has 1 atom stereocenters. The number of benzene rings is 2. The summed E-state index contributed by atoms with van der Waals surface area (Å²) in [6.45, 7) is 3.15. The van der Waals surface area contributed by atoms with E-state index < -0.39 is 0 Å². The number of carbonyl (C=O) groups is 1. The van der Waals surface area contributed by atoms with Gasteiger partial charge >= 0.3 is 0 Å². The van der Waals surface area contributed by atoms with Crippen LogP contribution >= 0.6 is 11.6 Å². The number of rotatable bonds is 8. The number of amides is 1. The summed E-state index contributed by atoms with van der Waals surface area (Å²) in [6, 6.07) is 23.6. The summed E-state index contributed by atoms with van der Waals surface area (Å²) in [6.07, 6.45) is 3.25.